The molecule has 1 aromatic rings. The SMILES string of the molecule is CCN(CCC(=O)Nc1ccc(C#N)cc1)CC(=O)NC. The zero-order valence-electron chi connectivity index (χ0n) is 12.3. The van der Waals surface area contributed by atoms with Crippen molar-refractivity contribution < 1.29 is 9.59 Å². The molecule has 2 amide bonds. The van der Waals surface area contributed by atoms with Gasteiger partial charge in [0.15, 0.2) is 0 Å². The third kappa shape index (κ3) is 6.06. The molecule has 0 aliphatic carbocycles. The van der Waals surface area contributed by atoms with Gasteiger partial charge in [-0.3, -0.25) is 14.5 Å². The lowest BCUT2D eigenvalue weighted by atomic mass is 10.2. The van der Waals surface area contributed by atoms with Crippen LogP contribution < -0.4 is 10.6 Å². The van der Waals surface area contributed by atoms with Gasteiger partial charge in [0.25, 0.3) is 0 Å². The Morgan fingerprint density at radius 1 is 1.24 bits per heavy atom. The van der Waals surface area contributed by atoms with Crippen LogP contribution in [0.5, 0.6) is 0 Å². The lowest BCUT2D eigenvalue weighted by Crippen LogP contribution is -2.37. The maximum Gasteiger partial charge on any atom is 0.233 e. The summed E-state index contributed by atoms with van der Waals surface area (Å²) in [5, 5.41) is 14.0. The van der Waals surface area contributed by atoms with E-state index in [0.29, 0.717) is 30.8 Å². The second-order valence-electron chi connectivity index (χ2n) is 4.53. The number of likely N-dealkylation sites (N-methyl/N-ethyl adjacent to an activating group) is 2. The summed E-state index contributed by atoms with van der Waals surface area (Å²) in [7, 11) is 1.59. The Balaban J connectivity index is 2.42. The summed E-state index contributed by atoms with van der Waals surface area (Å²) in [6, 6.07) is 8.71. The van der Waals surface area contributed by atoms with E-state index in [2.05, 4.69) is 10.6 Å². The van der Waals surface area contributed by atoms with Crippen LogP contribution in [0, 0.1) is 11.3 Å². The fourth-order valence-corrected chi connectivity index (χ4v) is 1.74. The maximum absolute atomic E-state index is 11.8. The minimum absolute atomic E-state index is 0.0654. The van der Waals surface area contributed by atoms with Crippen molar-refractivity contribution in [3.63, 3.8) is 0 Å². The first-order valence-corrected chi connectivity index (χ1v) is 6.82. The number of nitrogens with zero attached hydrogens (tertiary/aromatic N) is 2. The van der Waals surface area contributed by atoms with Crippen molar-refractivity contribution in [3.8, 4) is 6.07 Å². The van der Waals surface area contributed by atoms with E-state index in [0.717, 1.165) is 0 Å². The highest BCUT2D eigenvalue weighted by Crippen LogP contribution is 2.09. The van der Waals surface area contributed by atoms with E-state index < -0.39 is 0 Å². The molecule has 6 heteroatoms. The number of benzene rings is 1. The largest absolute Gasteiger partial charge is 0.358 e. The van der Waals surface area contributed by atoms with E-state index in [9.17, 15) is 9.59 Å². The third-order valence-corrected chi connectivity index (χ3v) is 3.05. The maximum atomic E-state index is 11.8. The van der Waals surface area contributed by atoms with E-state index in [1.165, 1.54) is 0 Å². The van der Waals surface area contributed by atoms with E-state index >= 15 is 0 Å². The van der Waals surface area contributed by atoms with Crippen molar-refractivity contribution in [1.82, 2.24) is 10.2 Å². The van der Waals surface area contributed by atoms with Gasteiger partial charge in [-0.05, 0) is 30.8 Å². The first-order chi connectivity index (χ1) is 10.1. The number of hydrogen-bond donors (Lipinski definition) is 2. The van der Waals surface area contributed by atoms with Gasteiger partial charge in [-0.1, -0.05) is 6.92 Å². The van der Waals surface area contributed by atoms with Crippen molar-refractivity contribution in [2.24, 2.45) is 0 Å². The molecule has 0 atom stereocenters. The number of hydrogen-bond acceptors (Lipinski definition) is 4. The second kappa shape index (κ2) is 8.72. The summed E-state index contributed by atoms with van der Waals surface area (Å²) < 4.78 is 0. The highest BCUT2D eigenvalue weighted by molar-refractivity contribution is 5.90. The van der Waals surface area contributed by atoms with Crippen LogP contribution in [-0.4, -0.2) is 43.4 Å². The molecule has 0 saturated heterocycles. The van der Waals surface area contributed by atoms with Gasteiger partial charge < -0.3 is 10.6 Å². The number of carbonyl (C=O) groups excluding carboxylic acids is 2. The van der Waals surface area contributed by atoms with Crippen LogP contribution in [0.1, 0.15) is 18.9 Å². The molecule has 0 fully saturated rings. The molecule has 2 N–H and O–H groups in total. The number of rotatable bonds is 7. The smallest absolute Gasteiger partial charge is 0.233 e. The van der Waals surface area contributed by atoms with Crippen LogP contribution in [0.15, 0.2) is 24.3 Å². The standard InChI is InChI=1S/C15H20N4O2/c1-3-19(11-15(21)17-2)9-8-14(20)18-13-6-4-12(10-16)5-7-13/h4-7H,3,8-9,11H2,1-2H3,(H,17,21)(H,18,20). The van der Waals surface area contributed by atoms with E-state index in [4.69, 9.17) is 5.26 Å². The number of anilines is 1. The lowest BCUT2D eigenvalue weighted by Gasteiger charge is -2.18. The minimum atomic E-state index is -0.116. The molecule has 21 heavy (non-hydrogen) atoms. The summed E-state index contributed by atoms with van der Waals surface area (Å²) in [5.74, 6) is -0.181. The third-order valence-electron chi connectivity index (χ3n) is 3.05. The Labute approximate surface area is 124 Å². The molecule has 0 radical (unpaired) electrons. The molecular weight excluding hydrogens is 268 g/mol. The van der Waals surface area contributed by atoms with E-state index in [1.54, 1.807) is 31.3 Å². The molecule has 0 heterocycles. The van der Waals surface area contributed by atoms with Gasteiger partial charge in [-0.2, -0.15) is 5.26 Å². The van der Waals surface area contributed by atoms with Crippen LogP contribution in [0.2, 0.25) is 0 Å². The molecule has 0 aromatic heterocycles. The quantitative estimate of drug-likeness (QED) is 0.782. The fraction of sp³-hybridized carbons (Fsp3) is 0.400. The summed E-state index contributed by atoms with van der Waals surface area (Å²) in [6.45, 7) is 3.46. The monoisotopic (exact) mass is 288 g/mol. The van der Waals surface area contributed by atoms with E-state index in [-0.39, 0.29) is 18.4 Å². The zero-order chi connectivity index (χ0) is 15.7. The number of nitriles is 1. The molecule has 0 unspecified atom stereocenters. The fourth-order valence-electron chi connectivity index (χ4n) is 1.74. The van der Waals surface area contributed by atoms with Crippen molar-refractivity contribution in [2.45, 2.75) is 13.3 Å². The number of carbonyl (C=O) groups is 2. The average molecular weight is 288 g/mol. The molecule has 0 aliphatic rings. The second-order valence-corrected chi connectivity index (χ2v) is 4.53. The van der Waals surface area contributed by atoms with E-state index in [1.807, 2.05) is 17.9 Å². The van der Waals surface area contributed by atoms with Crippen LogP contribution >= 0.6 is 0 Å². The van der Waals surface area contributed by atoms with Gasteiger partial charge in [0.2, 0.25) is 11.8 Å². The topological polar surface area (TPSA) is 85.2 Å². The molecule has 0 spiro atoms. The van der Waals surface area contributed by atoms with Gasteiger partial charge >= 0.3 is 0 Å². The molecule has 0 aliphatic heterocycles. The van der Waals surface area contributed by atoms with Gasteiger partial charge in [0.05, 0.1) is 18.2 Å². The van der Waals surface area contributed by atoms with Crippen molar-refractivity contribution in [2.75, 3.05) is 32.0 Å². The van der Waals surface area contributed by atoms with Gasteiger partial charge in [0, 0.05) is 25.7 Å². The summed E-state index contributed by atoms with van der Waals surface area (Å²) in [4.78, 5) is 25.0. The predicted octanol–water partition coefficient (Wildman–Crippen LogP) is 0.955. The highest BCUT2D eigenvalue weighted by Gasteiger charge is 2.10. The van der Waals surface area contributed by atoms with Crippen molar-refractivity contribution in [1.29, 1.82) is 5.26 Å². The first-order valence-electron chi connectivity index (χ1n) is 6.82. The Morgan fingerprint density at radius 3 is 2.43 bits per heavy atom. The Hall–Kier alpha value is -2.39. The summed E-state index contributed by atoms with van der Waals surface area (Å²) in [6.07, 6.45) is 0.310. The van der Waals surface area contributed by atoms with Crippen LogP contribution in [0.25, 0.3) is 0 Å². The number of nitrogens with one attached hydrogen (secondary N) is 2. The normalized spacial score (nSPS) is 10.0. The van der Waals surface area contributed by atoms with Gasteiger partial charge in [0.1, 0.15) is 0 Å². The Bertz CT molecular complexity index is 519. The summed E-state index contributed by atoms with van der Waals surface area (Å²) >= 11 is 0. The Morgan fingerprint density at radius 2 is 1.90 bits per heavy atom. The minimum Gasteiger partial charge on any atom is -0.358 e. The first kappa shape index (κ1) is 16.7. The van der Waals surface area contributed by atoms with Crippen LogP contribution in [0.3, 0.4) is 0 Å². The lowest BCUT2D eigenvalue weighted by molar-refractivity contribution is -0.122. The molecular formula is C15H20N4O2. The van der Waals surface area contributed by atoms with Crippen molar-refractivity contribution in [3.05, 3.63) is 29.8 Å². The predicted molar refractivity (Wildman–Crippen MR) is 80.6 cm³/mol. The molecule has 1 rings (SSSR count). The molecule has 1 aromatic carbocycles. The summed E-state index contributed by atoms with van der Waals surface area (Å²) in [5.41, 5.74) is 1.21. The Kier molecular flexibility index (Phi) is 6.92. The number of amides is 2. The molecule has 0 bridgehead atoms. The van der Waals surface area contributed by atoms with Crippen LogP contribution in [-0.2, 0) is 9.59 Å². The average Bonchev–Trinajstić information content (AvgIpc) is 2.51. The van der Waals surface area contributed by atoms with Gasteiger partial charge in [-0.25, -0.2) is 0 Å². The zero-order valence-corrected chi connectivity index (χ0v) is 12.3. The molecule has 0 saturated carbocycles. The highest BCUT2D eigenvalue weighted by atomic mass is 16.2. The van der Waals surface area contributed by atoms with Gasteiger partial charge in [-0.15, -0.1) is 0 Å². The molecule has 6 nitrogen and oxygen atoms in total. The van der Waals surface area contributed by atoms with Crippen LogP contribution in [0.4, 0.5) is 5.69 Å². The molecule has 112 valence electrons. The van der Waals surface area contributed by atoms with Crippen molar-refractivity contribution >= 4 is 17.5 Å².